The minimum absolute atomic E-state index is 0.171. The standard InChI is InChI=1S/C16H21IN2O2/c1-10-13(17)7-19(18-10)9-15-3-11-2-12(4-15)6-16(5-11,8-15)14(20)21/h7,11-12H,2-6,8-9H2,1H3,(H,20,21)/t11-,12+,15?,16?. The third-order valence-corrected chi connectivity index (χ3v) is 7.08. The lowest BCUT2D eigenvalue weighted by Gasteiger charge is -2.60. The van der Waals surface area contributed by atoms with Crippen molar-refractivity contribution in [2.75, 3.05) is 0 Å². The number of halogens is 1. The Morgan fingerprint density at radius 3 is 2.62 bits per heavy atom. The molecule has 21 heavy (non-hydrogen) atoms. The summed E-state index contributed by atoms with van der Waals surface area (Å²) in [5.74, 6) is 0.698. The van der Waals surface area contributed by atoms with Crippen LogP contribution in [0.2, 0.25) is 0 Å². The lowest BCUT2D eigenvalue weighted by atomic mass is 9.44. The number of hydrogen-bond donors (Lipinski definition) is 1. The zero-order valence-electron chi connectivity index (χ0n) is 12.3. The second-order valence-electron chi connectivity index (χ2n) is 7.81. The van der Waals surface area contributed by atoms with Crippen molar-refractivity contribution in [1.82, 2.24) is 9.78 Å². The molecule has 4 aliphatic carbocycles. The molecule has 0 aromatic carbocycles. The molecular weight excluding hydrogens is 379 g/mol. The molecule has 0 amide bonds. The van der Waals surface area contributed by atoms with Crippen LogP contribution in [0, 0.1) is 33.2 Å². The van der Waals surface area contributed by atoms with Crippen molar-refractivity contribution in [1.29, 1.82) is 0 Å². The van der Waals surface area contributed by atoms with Gasteiger partial charge in [-0.2, -0.15) is 5.10 Å². The maximum absolute atomic E-state index is 11.9. The van der Waals surface area contributed by atoms with Crippen molar-refractivity contribution in [3.63, 3.8) is 0 Å². The van der Waals surface area contributed by atoms with Crippen LogP contribution < -0.4 is 0 Å². The molecule has 5 heteroatoms. The van der Waals surface area contributed by atoms with E-state index in [0.29, 0.717) is 11.8 Å². The van der Waals surface area contributed by atoms with E-state index in [0.717, 1.165) is 31.5 Å². The van der Waals surface area contributed by atoms with Crippen molar-refractivity contribution < 1.29 is 9.90 Å². The van der Waals surface area contributed by atoms with Crippen LogP contribution in [0.3, 0.4) is 0 Å². The smallest absolute Gasteiger partial charge is 0.309 e. The van der Waals surface area contributed by atoms with Gasteiger partial charge in [-0.1, -0.05) is 0 Å². The molecule has 1 N–H and O–H groups in total. The van der Waals surface area contributed by atoms with Crippen LogP contribution in [0.25, 0.3) is 0 Å². The molecule has 0 saturated heterocycles. The van der Waals surface area contributed by atoms with Gasteiger partial charge in [-0.05, 0) is 85.3 Å². The number of hydrogen-bond acceptors (Lipinski definition) is 2. The van der Waals surface area contributed by atoms with Gasteiger partial charge in [0.05, 0.1) is 14.7 Å². The minimum atomic E-state index is -0.549. The zero-order valence-corrected chi connectivity index (χ0v) is 14.5. The summed E-state index contributed by atoms with van der Waals surface area (Å²) < 4.78 is 3.27. The summed E-state index contributed by atoms with van der Waals surface area (Å²) in [5, 5.41) is 14.4. The van der Waals surface area contributed by atoms with Gasteiger partial charge >= 0.3 is 5.97 Å². The van der Waals surface area contributed by atoms with E-state index in [9.17, 15) is 9.90 Å². The first kappa shape index (κ1) is 14.0. The number of aryl methyl sites for hydroxylation is 1. The van der Waals surface area contributed by atoms with Crippen LogP contribution in [0.4, 0.5) is 0 Å². The molecule has 0 spiro atoms. The Morgan fingerprint density at radius 1 is 1.43 bits per heavy atom. The molecule has 4 aliphatic rings. The summed E-state index contributed by atoms with van der Waals surface area (Å²) in [7, 11) is 0. The summed E-state index contributed by atoms with van der Waals surface area (Å²) in [6.07, 6.45) is 8.46. The Hall–Kier alpha value is -0.590. The highest BCUT2D eigenvalue weighted by molar-refractivity contribution is 14.1. The molecule has 2 unspecified atom stereocenters. The van der Waals surface area contributed by atoms with E-state index in [-0.39, 0.29) is 5.41 Å². The van der Waals surface area contributed by atoms with Crippen LogP contribution in [-0.2, 0) is 11.3 Å². The summed E-state index contributed by atoms with van der Waals surface area (Å²) >= 11 is 2.32. The first-order chi connectivity index (χ1) is 9.90. The molecule has 4 nitrogen and oxygen atoms in total. The number of carboxylic acids is 1. The van der Waals surface area contributed by atoms with E-state index < -0.39 is 11.4 Å². The van der Waals surface area contributed by atoms with Crippen molar-refractivity contribution in [2.24, 2.45) is 22.7 Å². The lowest BCUT2D eigenvalue weighted by molar-refractivity contribution is -0.176. The molecule has 1 aromatic heterocycles. The maximum Gasteiger partial charge on any atom is 0.309 e. The highest BCUT2D eigenvalue weighted by atomic mass is 127. The molecule has 114 valence electrons. The number of carboxylic acid groups (broad SMARTS) is 1. The van der Waals surface area contributed by atoms with Gasteiger partial charge in [-0.25, -0.2) is 0 Å². The quantitative estimate of drug-likeness (QED) is 0.791. The Morgan fingerprint density at radius 2 is 2.10 bits per heavy atom. The Bertz CT molecular complexity index is 576. The van der Waals surface area contributed by atoms with Gasteiger partial charge in [0.15, 0.2) is 0 Å². The van der Waals surface area contributed by atoms with Crippen LogP contribution in [0.15, 0.2) is 6.20 Å². The third kappa shape index (κ3) is 2.14. The van der Waals surface area contributed by atoms with Gasteiger partial charge in [0.1, 0.15) is 0 Å². The lowest BCUT2D eigenvalue weighted by Crippen LogP contribution is -2.56. The van der Waals surface area contributed by atoms with Crippen molar-refractivity contribution >= 4 is 28.6 Å². The van der Waals surface area contributed by atoms with Gasteiger partial charge in [-0.3, -0.25) is 9.48 Å². The van der Waals surface area contributed by atoms with Crippen LogP contribution >= 0.6 is 22.6 Å². The monoisotopic (exact) mass is 400 g/mol. The van der Waals surface area contributed by atoms with E-state index in [1.165, 1.54) is 22.8 Å². The average molecular weight is 400 g/mol. The Kier molecular flexibility index (Phi) is 2.98. The topological polar surface area (TPSA) is 55.1 Å². The van der Waals surface area contributed by atoms with Gasteiger partial charge in [0.25, 0.3) is 0 Å². The normalized spacial score (nSPS) is 40.7. The third-order valence-electron chi connectivity index (χ3n) is 6.02. The molecule has 4 bridgehead atoms. The fourth-order valence-electron chi connectivity index (χ4n) is 5.81. The van der Waals surface area contributed by atoms with Crippen molar-refractivity contribution in [3.8, 4) is 0 Å². The van der Waals surface area contributed by atoms with Crippen molar-refractivity contribution in [2.45, 2.75) is 52.0 Å². The predicted octanol–water partition coefficient (Wildman–Crippen LogP) is 3.47. The Balaban J connectivity index is 1.66. The first-order valence-corrected chi connectivity index (χ1v) is 8.91. The van der Waals surface area contributed by atoms with E-state index in [4.69, 9.17) is 0 Å². The number of rotatable bonds is 3. The summed E-state index contributed by atoms with van der Waals surface area (Å²) in [6.45, 7) is 2.94. The minimum Gasteiger partial charge on any atom is -0.481 e. The van der Waals surface area contributed by atoms with Gasteiger partial charge in [0, 0.05) is 12.7 Å². The zero-order chi connectivity index (χ0) is 14.8. The van der Waals surface area contributed by atoms with E-state index in [1.807, 2.05) is 6.92 Å². The summed E-state index contributed by atoms with van der Waals surface area (Å²) in [6, 6.07) is 0. The number of nitrogens with zero attached hydrogens (tertiary/aromatic N) is 2. The highest BCUT2D eigenvalue weighted by Gasteiger charge is 2.60. The largest absolute Gasteiger partial charge is 0.481 e. The van der Waals surface area contributed by atoms with E-state index in [2.05, 4.69) is 38.6 Å². The second-order valence-corrected chi connectivity index (χ2v) is 8.97. The summed E-state index contributed by atoms with van der Waals surface area (Å²) in [4.78, 5) is 11.9. The molecule has 1 heterocycles. The molecule has 5 rings (SSSR count). The van der Waals surface area contributed by atoms with E-state index in [1.54, 1.807) is 0 Å². The molecule has 4 fully saturated rings. The molecule has 1 aromatic rings. The number of carbonyl (C=O) groups is 1. The fourth-order valence-corrected chi connectivity index (χ4v) is 6.23. The van der Waals surface area contributed by atoms with Crippen LogP contribution in [-0.4, -0.2) is 20.9 Å². The first-order valence-electron chi connectivity index (χ1n) is 7.83. The molecule has 4 saturated carbocycles. The van der Waals surface area contributed by atoms with Crippen molar-refractivity contribution in [3.05, 3.63) is 15.5 Å². The molecule has 0 aliphatic heterocycles. The van der Waals surface area contributed by atoms with E-state index >= 15 is 0 Å². The van der Waals surface area contributed by atoms with Gasteiger partial charge in [-0.15, -0.1) is 0 Å². The maximum atomic E-state index is 11.9. The number of aromatic nitrogens is 2. The van der Waals surface area contributed by atoms with Gasteiger partial charge < -0.3 is 5.11 Å². The average Bonchev–Trinajstić information content (AvgIpc) is 2.65. The summed E-state index contributed by atoms with van der Waals surface area (Å²) in [5.41, 5.74) is 0.817. The highest BCUT2D eigenvalue weighted by Crippen LogP contribution is 2.65. The van der Waals surface area contributed by atoms with Gasteiger partial charge in [0.2, 0.25) is 0 Å². The molecule has 4 atom stereocenters. The second kappa shape index (κ2) is 4.46. The fraction of sp³-hybridized carbons (Fsp3) is 0.750. The molecule has 0 radical (unpaired) electrons. The number of aliphatic carboxylic acids is 1. The molecular formula is C16H21IN2O2. The Labute approximate surface area is 138 Å². The van der Waals surface area contributed by atoms with Crippen LogP contribution in [0.5, 0.6) is 0 Å². The predicted molar refractivity (Wildman–Crippen MR) is 86.9 cm³/mol. The van der Waals surface area contributed by atoms with Crippen LogP contribution in [0.1, 0.15) is 44.2 Å². The SMILES string of the molecule is Cc1nn(CC23C[C@H]4C[C@@H](C2)CC(C(=O)O)(C4)C3)cc1I.